The second kappa shape index (κ2) is 5.97. The largest absolute Gasteiger partial charge is 0.274 e. The molecular weight excluding hydrogens is 377 g/mol. The maximum Gasteiger partial charge on any atom is 0.261 e. The van der Waals surface area contributed by atoms with E-state index in [1.807, 2.05) is 24.3 Å². The highest BCUT2D eigenvalue weighted by Gasteiger charge is 2.34. The molecule has 0 aliphatic carbocycles. The van der Waals surface area contributed by atoms with Gasteiger partial charge in [0.05, 0.1) is 11.1 Å². The summed E-state index contributed by atoms with van der Waals surface area (Å²) in [4.78, 5) is 25.9. The maximum absolute atomic E-state index is 12.3. The molecule has 0 unspecified atom stereocenters. The normalized spacial score (nSPS) is 13.7. The molecule has 1 aliphatic heterocycles. The average molecular weight is 391 g/mol. The van der Waals surface area contributed by atoms with Gasteiger partial charge < -0.3 is 0 Å². The number of imide groups is 1. The highest BCUT2D eigenvalue weighted by atomic mass is 127. The van der Waals surface area contributed by atoms with E-state index in [2.05, 4.69) is 34.7 Å². The van der Waals surface area contributed by atoms with Crippen LogP contribution >= 0.6 is 22.6 Å². The van der Waals surface area contributed by atoms with Crippen LogP contribution in [0.15, 0.2) is 48.5 Å². The molecule has 3 rings (SSSR count). The van der Waals surface area contributed by atoms with Gasteiger partial charge in [-0.3, -0.25) is 14.5 Å². The molecule has 21 heavy (non-hydrogen) atoms. The van der Waals surface area contributed by atoms with Gasteiger partial charge in [-0.25, -0.2) is 0 Å². The number of nitrogens with zero attached hydrogens (tertiary/aromatic N) is 1. The van der Waals surface area contributed by atoms with Crippen molar-refractivity contribution in [2.45, 2.75) is 12.8 Å². The van der Waals surface area contributed by atoms with Gasteiger partial charge in [-0.05, 0) is 59.2 Å². The molecule has 2 aromatic carbocycles. The van der Waals surface area contributed by atoms with Crippen LogP contribution < -0.4 is 0 Å². The van der Waals surface area contributed by atoms with E-state index in [0.29, 0.717) is 17.7 Å². The minimum absolute atomic E-state index is 0.165. The van der Waals surface area contributed by atoms with E-state index >= 15 is 0 Å². The van der Waals surface area contributed by atoms with E-state index in [9.17, 15) is 9.59 Å². The van der Waals surface area contributed by atoms with Crippen LogP contribution in [0, 0.1) is 3.57 Å². The van der Waals surface area contributed by atoms with Crippen molar-refractivity contribution in [1.82, 2.24) is 4.90 Å². The number of amides is 2. The van der Waals surface area contributed by atoms with Gasteiger partial charge >= 0.3 is 0 Å². The number of benzene rings is 2. The first-order chi connectivity index (χ1) is 10.2. The Morgan fingerprint density at radius 1 is 0.905 bits per heavy atom. The molecule has 0 saturated heterocycles. The van der Waals surface area contributed by atoms with E-state index in [1.54, 1.807) is 12.1 Å². The summed E-state index contributed by atoms with van der Waals surface area (Å²) in [5.74, 6) is -0.332. The van der Waals surface area contributed by atoms with Crippen LogP contribution in [0.3, 0.4) is 0 Å². The Hall–Kier alpha value is -1.69. The molecule has 0 saturated carbocycles. The highest BCUT2D eigenvalue weighted by Crippen LogP contribution is 2.24. The van der Waals surface area contributed by atoms with Crippen molar-refractivity contribution >= 4 is 34.4 Å². The molecule has 0 aromatic heterocycles. The molecule has 0 radical (unpaired) electrons. The van der Waals surface area contributed by atoms with Crippen LogP contribution in [0.5, 0.6) is 0 Å². The molecule has 1 aliphatic rings. The van der Waals surface area contributed by atoms with E-state index in [4.69, 9.17) is 0 Å². The van der Waals surface area contributed by atoms with Crippen LogP contribution in [0.1, 0.15) is 32.7 Å². The van der Waals surface area contributed by atoms with Crippen molar-refractivity contribution in [2.24, 2.45) is 0 Å². The number of aryl methyl sites for hydroxylation is 1. The first-order valence-corrected chi connectivity index (χ1v) is 7.94. The Labute approximate surface area is 137 Å². The lowest BCUT2D eigenvalue weighted by molar-refractivity contribution is 0.0652. The zero-order valence-electron chi connectivity index (χ0n) is 11.4. The molecule has 2 aromatic rings. The summed E-state index contributed by atoms with van der Waals surface area (Å²) in [7, 11) is 0. The van der Waals surface area contributed by atoms with Crippen molar-refractivity contribution in [1.29, 1.82) is 0 Å². The standard InChI is InChI=1S/C17H14INO2/c18-13-8-9-14-15(11-13)17(21)19(16(14)20)10-4-7-12-5-2-1-3-6-12/h1-3,5-6,8-9,11H,4,7,10H2. The Morgan fingerprint density at radius 3 is 2.38 bits per heavy atom. The minimum Gasteiger partial charge on any atom is -0.274 e. The summed E-state index contributed by atoms with van der Waals surface area (Å²) in [5.41, 5.74) is 2.29. The monoisotopic (exact) mass is 391 g/mol. The number of halogens is 1. The quantitative estimate of drug-likeness (QED) is 0.591. The number of hydrogen-bond acceptors (Lipinski definition) is 2. The van der Waals surface area contributed by atoms with E-state index in [1.165, 1.54) is 10.5 Å². The second-order valence-electron chi connectivity index (χ2n) is 5.04. The van der Waals surface area contributed by atoms with Gasteiger partial charge in [0.25, 0.3) is 11.8 Å². The molecule has 3 nitrogen and oxygen atoms in total. The van der Waals surface area contributed by atoms with Crippen LogP contribution in [0.25, 0.3) is 0 Å². The zero-order chi connectivity index (χ0) is 14.8. The number of fused-ring (bicyclic) bond motifs is 1. The van der Waals surface area contributed by atoms with Gasteiger partial charge in [-0.15, -0.1) is 0 Å². The van der Waals surface area contributed by atoms with E-state index in [-0.39, 0.29) is 11.8 Å². The fraction of sp³-hybridized carbons (Fsp3) is 0.176. The van der Waals surface area contributed by atoms with Crippen LogP contribution in [0.2, 0.25) is 0 Å². The summed E-state index contributed by atoms with van der Waals surface area (Å²) in [6.07, 6.45) is 1.65. The third-order valence-corrected chi connectivity index (χ3v) is 4.29. The number of carbonyl (C=O) groups excluding carboxylic acids is 2. The lowest BCUT2D eigenvalue weighted by Crippen LogP contribution is -2.30. The fourth-order valence-corrected chi connectivity index (χ4v) is 3.04. The zero-order valence-corrected chi connectivity index (χ0v) is 13.5. The molecule has 0 spiro atoms. The number of hydrogen-bond donors (Lipinski definition) is 0. The van der Waals surface area contributed by atoms with E-state index < -0.39 is 0 Å². The number of rotatable bonds is 4. The van der Waals surface area contributed by atoms with Crippen LogP contribution in [-0.2, 0) is 6.42 Å². The van der Waals surface area contributed by atoms with Crippen molar-refractivity contribution in [3.63, 3.8) is 0 Å². The van der Waals surface area contributed by atoms with Gasteiger partial charge in [0.2, 0.25) is 0 Å². The molecule has 4 heteroatoms. The molecule has 0 fully saturated rings. The first kappa shape index (κ1) is 14.3. The lowest BCUT2D eigenvalue weighted by Gasteiger charge is -2.13. The summed E-state index contributed by atoms with van der Waals surface area (Å²) < 4.78 is 0.971. The smallest absolute Gasteiger partial charge is 0.261 e. The molecule has 106 valence electrons. The summed E-state index contributed by atoms with van der Waals surface area (Å²) in [6, 6.07) is 15.5. The Balaban J connectivity index is 1.68. The third-order valence-electron chi connectivity index (χ3n) is 3.62. The van der Waals surface area contributed by atoms with Crippen molar-refractivity contribution < 1.29 is 9.59 Å². The van der Waals surface area contributed by atoms with Crippen molar-refractivity contribution in [2.75, 3.05) is 6.54 Å². The highest BCUT2D eigenvalue weighted by molar-refractivity contribution is 14.1. The summed E-state index contributed by atoms with van der Waals surface area (Å²) in [6.45, 7) is 0.470. The third kappa shape index (κ3) is 2.85. The maximum atomic E-state index is 12.3. The second-order valence-corrected chi connectivity index (χ2v) is 6.29. The average Bonchev–Trinajstić information content (AvgIpc) is 2.73. The van der Waals surface area contributed by atoms with Crippen molar-refractivity contribution in [3.05, 3.63) is 68.8 Å². The Morgan fingerprint density at radius 2 is 1.62 bits per heavy atom. The Bertz CT molecular complexity index is 697. The lowest BCUT2D eigenvalue weighted by atomic mass is 10.1. The van der Waals surface area contributed by atoms with Gasteiger partial charge in [0.1, 0.15) is 0 Å². The molecule has 1 heterocycles. The van der Waals surface area contributed by atoms with Crippen LogP contribution in [0.4, 0.5) is 0 Å². The molecule has 0 N–H and O–H groups in total. The first-order valence-electron chi connectivity index (χ1n) is 6.86. The van der Waals surface area contributed by atoms with Gasteiger partial charge in [0, 0.05) is 10.1 Å². The number of carbonyl (C=O) groups is 2. The van der Waals surface area contributed by atoms with Gasteiger partial charge in [0.15, 0.2) is 0 Å². The summed E-state index contributed by atoms with van der Waals surface area (Å²) in [5, 5.41) is 0. The minimum atomic E-state index is -0.167. The van der Waals surface area contributed by atoms with E-state index in [0.717, 1.165) is 16.4 Å². The SMILES string of the molecule is O=C1c2ccc(I)cc2C(=O)N1CCCc1ccccc1. The molecular formula is C17H14INO2. The predicted molar refractivity (Wildman–Crippen MR) is 89.3 cm³/mol. The summed E-state index contributed by atoms with van der Waals surface area (Å²) >= 11 is 2.15. The topological polar surface area (TPSA) is 37.4 Å². The Kier molecular flexibility index (Phi) is 4.05. The van der Waals surface area contributed by atoms with Gasteiger partial charge in [-0.1, -0.05) is 30.3 Å². The van der Waals surface area contributed by atoms with Crippen LogP contribution in [-0.4, -0.2) is 23.3 Å². The van der Waals surface area contributed by atoms with Gasteiger partial charge in [-0.2, -0.15) is 0 Å². The molecule has 0 bridgehead atoms. The molecule has 2 amide bonds. The fourth-order valence-electron chi connectivity index (χ4n) is 2.55. The predicted octanol–water partition coefficient (Wildman–Crippen LogP) is 3.52. The molecule has 0 atom stereocenters. The van der Waals surface area contributed by atoms with Crippen molar-refractivity contribution in [3.8, 4) is 0 Å².